The third-order valence-corrected chi connectivity index (χ3v) is 3.85. The maximum absolute atomic E-state index is 13.1. The first-order valence-corrected chi connectivity index (χ1v) is 7.39. The predicted molar refractivity (Wildman–Crippen MR) is 81.2 cm³/mol. The Balaban J connectivity index is 1.69. The highest BCUT2D eigenvalue weighted by molar-refractivity contribution is 5.78. The van der Waals surface area contributed by atoms with Gasteiger partial charge in [-0.1, -0.05) is 12.1 Å². The van der Waals surface area contributed by atoms with Crippen LogP contribution < -0.4 is 4.74 Å². The van der Waals surface area contributed by atoms with Crippen LogP contribution in [-0.4, -0.2) is 40.2 Å². The highest BCUT2D eigenvalue weighted by Crippen LogP contribution is 2.32. The quantitative estimate of drug-likeness (QED) is 0.936. The largest absolute Gasteiger partial charge is 0.482 e. The molecule has 1 amide bonds. The van der Waals surface area contributed by atoms with E-state index < -0.39 is 6.10 Å². The number of aliphatic hydroxyl groups is 1. The second-order valence-corrected chi connectivity index (χ2v) is 5.48. The van der Waals surface area contributed by atoms with Crippen LogP contribution in [0.2, 0.25) is 0 Å². The SMILES string of the molecule is O=C(COc1cccnc1)N1C[C@H](O)C[C@@H]1c1ccc(F)cc1. The van der Waals surface area contributed by atoms with Crippen LogP contribution >= 0.6 is 0 Å². The van der Waals surface area contributed by atoms with Crippen molar-refractivity contribution in [2.45, 2.75) is 18.6 Å². The van der Waals surface area contributed by atoms with Gasteiger partial charge < -0.3 is 14.7 Å². The summed E-state index contributed by atoms with van der Waals surface area (Å²) in [7, 11) is 0. The normalized spacial score (nSPS) is 20.5. The summed E-state index contributed by atoms with van der Waals surface area (Å²) in [4.78, 5) is 17.9. The Hall–Kier alpha value is -2.47. The molecule has 1 aromatic heterocycles. The van der Waals surface area contributed by atoms with E-state index in [1.807, 2.05) is 0 Å². The van der Waals surface area contributed by atoms with Crippen LogP contribution in [0.5, 0.6) is 5.75 Å². The van der Waals surface area contributed by atoms with Crippen molar-refractivity contribution in [3.8, 4) is 5.75 Å². The number of carbonyl (C=O) groups excluding carboxylic acids is 1. The van der Waals surface area contributed by atoms with Gasteiger partial charge in [0.2, 0.25) is 0 Å². The Bertz CT molecular complexity index is 663. The van der Waals surface area contributed by atoms with E-state index in [4.69, 9.17) is 4.74 Å². The Morgan fingerprint density at radius 3 is 2.83 bits per heavy atom. The monoisotopic (exact) mass is 316 g/mol. The molecule has 6 heteroatoms. The van der Waals surface area contributed by atoms with Crippen LogP contribution in [0.3, 0.4) is 0 Å². The maximum atomic E-state index is 13.1. The van der Waals surface area contributed by atoms with Gasteiger partial charge in [-0.05, 0) is 36.2 Å². The number of β-amino-alcohol motifs (C(OH)–C–C–N with tert-alkyl or cyclic N) is 1. The zero-order chi connectivity index (χ0) is 16.2. The zero-order valence-corrected chi connectivity index (χ0v) is 12.4. The van der Waals surface area contributed by atoms with E-state index in [9.17, 15) is 14.3 Å². The molecule has 0 spiro atoms. The molecule has 23 heavy (non-hydrogen) atoms. The Morgan fingerprint density at radius 2 is 2.13 bits per heavy atom. The Morgan fingerprint density at radius 1 is 1.35 bits per heavy atom. The van der Waals surface area contributed by atoms with Crippen LogP contribution in [-0.2, 0) is 4.79 Å². The first-order valence-electron chi connectivity index (χ1n) is 7.39. The number of nitrogens with zero attached hydrogens (tertiary/aromatic N) is 2. The van der Waals surface area contributed by atoms with E-state index in [2.05, 4.69) is 4.98 Å². The molecule has 1 aliphatic rings. The van der Waals surface area contributed by atoms with Gasteiger partial charge in [-0.15, -0.1) is 0 Å². The number of hydrogen-bond donors (Lipinski definition) is 1. The summed E-state index contributed by atoms with van der Waals surface area (Å²) >= 11 is 0. The molecular formula is C17H17FN2O3. The Labute approximate surface area is 133 Å². The first-order chi connectivity index (χ1) is 11.1. The lowest BCUT2D eigenvalue weighted by molar-refractivity contribution is -0.134. The van der Waals surface area contributed by atoms with E-state index in [1.54, 1.807) is 35.4 Å². The number of ether oxygens (including phenoxy) is 1. The lowest BCUT2D eigenvalue weighted by Crippen LogP contribution is -2.35. The van der Waals surface area contributed by atoms with Crippen molar-refractivity contribution in [3.05, 3.63) is 60.2 Å². The molecule has 1 N–H and O–H groups in total. The second-order valence-electron chi connectivity index (χ2n) is 5.48. The number of aliphatic hydroxyl groups excluding tert-OH is 1. The van der Waals surface area contributed by atoms with Crippen molar-refractivity contribution in [3.63, 3.8) is 0 Å². The molecule has 120 valence electrons. The summed E-state index contributed by atoms with van der Waals surface area (Å²) in [5.41, 5.74) is 0.803. The first kappa shape index (κ1) is 15.4. The molecule has 3 rings (SSSR count). The zero-order valence-electron chi connectivity index (χ0n) is 12.4. The van der Waals surface area contributed by atoms with E-state index in [0.717, 1.165) is 5.56 Å². The van der Waals surface area contributed by atoms with Gasteiger partial charge in [0.15, 0.2) is 6.61 Å². The van der Waals surface area contributed by atoms with Crippen molar-refractivity contribution < 1.29 is 19.0 Å². The molecule has 2 heterocycles. The molecule has 1 saturated heterocycles. The lowest BCUT2D eigenvalue weighted by atomic mass is 10.0. The van der Waals surface area contributed by atoms with Crippen LogP contribution in [0.25, 0.3) is 0 Å². The fraction of sp³-hybridized carbons (Fsp3) is 0.294. The van der Waals surface area contributed by atoms with E-state index in [1.165, 1.54) is 18.3 Å². The van der Waals surface area contributed by atoms with E-state index >= 15 is 0 Å². The molecule has 0 saturated carbocycles. The molecule has 0 bridgehead atoms. The number of aromatic nitrogens is 1. The molecule has 0 aliphatic carbocycles. The summed E-state index contributed by atoms with van der Waals surface area (Å²) in [6, 6.07) is 9.16. The summed E-state index contributed by atoms with van der Waals surface area (Å²) < 4.78 is 18.5. The second kappa shape index (κ2) is 6.75. The Kier molecular flexibility index (Phi) is 4.52. The molecule has 0 radical (unpaired) electrons. The fourth-order valence-electron chi connectivity index (χ4n) is 2.75. The van der Waals surface area contributed by atoms with Crippen LogP contribution in [0.15, 0.2) is 48.8 Å². The smallest absolute Gasteiger partial charge is 0.261 e. The average molecular weight is 316 g/mol. The number of benzene rings is 1. The van der Waals surface area contributed by atoms with Crippen molar-refractivity contribution in [1.82, 2.24) is 9.88 Å². The summed E-state index contributed by atoms with van der Waals surface area (Å²) in [6.45, 7) is 0.118. The molecule has 5 nitrogen and oxygen atoms in total. The van der Waals surface area contributed by atoms with Gasteiger partial charge in [0, 0.05) is 12.7 Å². The summed E-state index contributed by atoms with van der Waals surface area (Å²) in [6.07, 6.45) is 3.00. The molecule has 1 aromatic carbocycles. The lowest BCUT2D eigenvalue weighted by Gasteiger charge is -2.24. The minimum Gasteiger partial charge on any atom is -0.482 e. The van der Waals surface area contributed by atoms with Crippen LogP contribution in [0.1, 0.15) is 18.0 Å². The standard InChI is InChI=1S/C17H17FN2O3/c18-13-5-3-12(4-6-13)16-8-14(21)10-20(16)17(22)11-23-15-2-1-7-19-9-15/h1-7,9,14,16,21H,8,10-11H2/t14-,16-/m1/s1. The minimum atomic E-state index is -0.590. The van der Waals surface area contributed by atoms with Crippen LogP contribution in [0, 0.1) is 5.82 Å². The van der Waals surface area contributed by atoms with Crippen LogP contribution in [0.4, 0.5) is 4.39 Å². The highest BCUT2D eigenvalue weighted by Gasteiger charge is 2.35. The average Bonchev–Trinajstić information content (AvgIpc) is 2.96. The predicted octanol–water partition coefficient (Wildman–Crippen LogP) is 1.93. The van der Waals surface area contributed by atoms with E-state index in [0.29, 0.717) is 12.2 Å². The van der Waals surface area contributed by atoms with Gasteiger partial charge in [0.25, 0.3) is 5.91 Å². The number of hydrogen-bond acceptors (Lipinski definition) is 4. The minimum absolute atomic E-state index is 0.129. The van der Waals surface area contributed by atoms with Crippen molar-refractivity contribution in [2.75, 3.05) is 13.2 Å². The maximum Gasteiger partial charge on any atom is 0.261 e. The number of amides is 1. The molecular weight excluding hydrogens is 299 g/mol. The highest BCUT2D eigenvalue weighted by atomic mass is 19.1. The molecule has 1 fully saturated rings. The topological polar surface area (TPSA) is 62.7 Å². The van der Waals surface area contributed by atoms with Crippen molar-refractivity contribution in [1.29, 1.82) is 0 Å². The van der Waals surface area contributed by atoms with Gasteiger partial charge in [0.05, 0.1) is 18.3 Å². The van der Waals surface area contributed by atoms with Crippen molar-refractivity contribution in [2.24, 2.45) is 0 Å². The van der Waals surface area contributed by atoms with Gasteiger partial charge in [-0.2, -0.15) is 0 Å². The van der Waals surface area contributed by atoms with Gasteiger partial charge >= 0.3 is 0 Å². The number of carbonyl (C=O) groups is 1. The van der Waals surface area contributed by atoms with Gasteiger partial charge in [-0.25, -0.2) is 4.39 Å². The van der Waals surface area contributed by atoms with Gasteiger partial charge in [-0.3, -0.25) is 9.78 Å². The molecule has 2 aromatic rings. The molecule has 1 aliphatic heterocycles. The third-order valence-electron chi connectivity index (χ3n) is 3.85. The molecule has 2 atom stereocenters. The third kappa shape index (κ3) is 3.65. The van der Waals surface area contributed by atoms with Crippen molar-refractivity contribution >= 4 is 5.91 Å². The number of pyridine rings is 1. The molecule has 0 unspecified atom stereocenters. The fourth-order valence-corrected chi connectivity index (χ4v) is 2.75. The van der Waals surface area contributed by atoms with Gasteiger partial charge in [0.1, 0.15) is 11.6 Å². The van der Waals surface area contributed by atoms with E-state index in [-0.39, 0.29) is 30.9 Å². The number of likely N-dealkylation sites (tertiary alicyclic amines) is 1. The summed E-state index contributed by atoms with van der Waals surface area (Å²) in [5.74, 6) is -0.0382. The summed E-state index contributed by atoms with van der Waals surface area (Å²) in [5, 5.41) is 9.90. The number of rotatable bonds is 4. The number of halogens is 1.